The van der Waals surface area contributed by atoms with Crippen molar-refractivity contribution in [2.45, 2.75) is 19.1 Å². The molecule has 4 nitrogen and oxygen atoms in total. The van der Waals surface area contributed by atoms with E-state index in [1.54, 1.807) is 0 Å². The predicted molar refractivity (Wildman–Crippen MR) is 182 cm³/mol. The Morgan fingerprint density at radius 2 is 1.48 bits per heavy atom. The first-order valence-corrected chi connectivity index (χ1v) is 15.2. The molecule has 7 aromatic rings. The minimum atomic E-state index is -0.312. The summed E-state index contributed by atoms with van der Waals surface area (Å²) in [4.78, 5) is 5.31. The van der Waals surface area contributed by atoms with Crippen LogP contribution in [0.25, 0.3) is 54.9 Å². The number of para-hydroxylation sites is 3. The van der Waals surface area contributed by atoms with Gasteiger partial charge in [0.25, 0.3) is 0 Å². The van der Waals surface area contributed by atoms with Crippen LogP contribution < -0.4 is 5.32 Å². The lowest BCUT2D eigenvalue weighted by Crippen LogP contribution is -2.30. The van der Waals surface area contributed by atoms with Crippen molar-refractivity contribution in [1.29, 1.82) is 0 Å². The largest absolute Gasteiger partial charge is 0.455 e. The van der Waals surface area contributed by atoms with Crippen LogP contribution in [0.4, 0.5) is 0 Å². The van der Waals surface area contributed by atoms with Gasteiger partial charge in [-0.1, -0.05) is 109 Å². The van der Waals surface area contributed by atoms with Gasteiger partial charge in [-0.05, 0) is 59.9 Å². The quantitative estimate of drug-likeness (QED) is 0.230. The maximum absolute atomic E-state index is 6.41. The fourth-order valence-corrected chi connectivity index (χ4v) is 6.80. The number of benzene rings is 5. The standard InChI is InChI=1S/C40H29N3O/c1-3-12-26(13-4-1)34-25-35(27-14-5-2-6-15-27)42-40(41-34)43-36-20-9-7-16-30(36)33-24-28(22-23-37(33)43)29-18-11-19-32-31-17-8-10-21-38(31)44-39(29)32/h1,3-5,7-25,40,42H,2,6H2. The first kappa shape index (κ1) is 24.9. The van der Waals surface area contributed by atoms with Crippen molar-refractivity contribution in [1.82, 2.24) is 9.88 Å². The molecule has 0 amide bonds. The van der Waals surface area contributed by atoms with E-state index in [-0.39, 0.29) is 6.29 Å². The molecule has 2 aromatic heterocycles. The Morgan fingerprint density at radius 1 is 0.682 bits per heavy atom. The Balaban J connectivity index is 1.23. The SMILES string of the molecule is C1=CC(C2=CC(c3ccccc3)=NC(n3c4ccccc4c4cc(-c5cccc6c5oc5ccccc56)ccc43)N2)=CCC1. The molecule has 210 valence electrons. The van der Waals surface area contributed by atoms with Crippen LogP contribution in [-0.2, 0) is 0 Å². The highest BCUT2D eigenvalue weighted by Gasteiger charge is 2.24. The number of hydrogen-bond donors (Lipinski definition) is 1. The van der Waals surface area contributed by atoms with Crippen molar-refractivity contribution in [3.05, 3.63) is 156 Å². The molecule has 0 saturated carbocycles. The maximum atomic E-state index is 6.41. The van der Waals surface area contributed by atoms with Gasteiger partial charge in [0.2, 0.25) is 6.29 Å². The normalized spacial score (nSPS) is 16.7. The van der Waals surface area contributed by atoms with E-state index in [1.165, 1.54) is 16.3 Å². The van der Waals surface area contributed by atoms with Gasteiger partial charge in [-0.2, -0.15) is 0 Å². The van der Waals surface area contributed by atoms with Crippen LogP contribution in [0.5, 0.6) is 0 Å². The predicted octanol–water partition coefficient (Wildman–Crippen LogP) is 10.1. The molecular weight excluding hydrogens is 538 g/mol. The zero-order chi connectivity index (χ0) is 29.0. The molecular formula is C40H29N3O. The smallest absolute Gasteiger partial charge is 0.201 e. The molecule has 1 atom stereocenters. The van der Waals surface area contributed by atoms with E-state index >= 15 is 0 Å². The van der Waals surface area contributed by atoms with Gasteiger partial charge < -0.3 is 14.3 Å². The minimum Gasteiger partial charge on any atom is -0.455 e. The number of nitrogens with zero attached hydrogens (tertiary/aromatic N) is 2. The van der Waals surface area contributed by atoms with E-state index in [2.05, 4.69) is 137 Å². The van der Waals surface area contributed by atoms with Crippen LogP contribution in [0, 0.1) is 0 Å². The molecule has 1 unspecified atom stereocenters. The molecule has 5 aromatic carbocycles. The lowest BCUT2D eigenvalue weighted by molar-refractivity contribution is 0.484. The van der Waals surface area contributed by atoms with Crippen LogP contribution in [0.2, 0.25) is 0 Å². The molecule has 4 heteroatoms. The average molecular weight is 568 g/mol. The molecule has 0 fully saturated rings. The second kappa shape index (κ2) is 9.99. The first-order valence-electron chi connectivity index (χ1n) is 15.2. The highest BCUT2D eigenvalue weighted by molar-refractivity contribution is 6.13. The van der Waals surface area contributed by atoms with Crippen molar-refractivity contribution in [3.63, 3.8) is 0 Å². The van der Waals surface area contributed by atoms with Gasteiger partial charge in [-0.25, -0.2) is 4.99 Å². The summed E-state index contributed by atoms with van der Waals surface area (Å²) in [6.45, 7) is 0. The third-order valence-electron chi connectivity index (χ3n) is 8.87. The molecule has 2 aliphatic rings. The monoisotopic (exact) mass is 567 g/mol. The Labute approximate surface area is 254 Å². The second-order valence-electron chi connectivity index (χ2n) is 11.5. The van der Waals surface area contributed by atoms with E-state index in [1.807, 2.05) is 12.1 Å². The number of furan rings is 1. The minimum absolute atomic E-state index is 0.312. The Morgan fingerprint density at radius 3 is 2.36 bits per heavy atom. The van der Waals surface area contributed by atoms with Crippen molar-refractivity contribution in [2.24, 2.45) is 4.99 Å². The molecule has 3 heterocycles. The van der Waals surface area contributed by atoms with Crippen molar-refractivity contribution in [2.75, 3.05) is 0 Å². The number of aliphatic imine (C=N–C) groups is 1. The number of hydrogen-bond acceptors (Lipinski definition) is 3. The summed E-state index contributed by atoms with van der Waals surface area (Å²) in [6, 6.07) is 40.6. The molecule has 1 N–H and O–H groups in total. The topological polar surface area (TPSA) is 42.5 Å². The summed E-state index contributed by atoms with van der Waals surface area (Å²) in [5.41, 5.74) is 10.7. The van der Waals surface area contributed by atoms with E-state index in [0.717, 1.165) is 73.9 Å². The zero-order valence-corrected chi connectivity index (χ0v) is 24.1. The number of aromatic nitrogens is 1. The van der Waals surface area contributed by atoms with Gasteiger partial charge in [0.15, 0.2) is 0 Å². The number of allylic oxidation sites excluding steroid dienone is 4. The summed E-state index contributed by atoms with van der Waals surface area (Å²) in [5.74, 6) is 0. The van der Waals surface area contributed by atoms with Crippen LogP contribution in [0.15, 0.2) is 160 Å². The van der Waals surface area contributed by atoms with Gasteiger partial charge in [0, 0.05) is 32.8 Å². The van der Waals surface area contributed by atoms with Gasteiger partial charge in [0.05, 0.1) is 16.7 Å². The number of fused-ring (bicyclic) bond motifs is 6. The molecule has 9 rings (SSSR count). The second-order valence-corrected chi connectivity index (χ2v) is 11.5. The van der Waals surface area contributed by atoms with Gasteiger partial charge in [-0.15, -0.1) is 0 Å². The Hall–Kier alpha value is -5.61. The first-order chi connectivity index (χ1) is 21.8. The van der Waals surface area contributed by atoms with Gasteiger partial charge in [-0.3, -0.25) is 0 Å². The summed E-state index contributed by atoms with van der Waals surface area (Å²) < 4.78 is 8.76. The van der Waals surface area contributed by atoms with Gasteiger partial charge in [0.1, 0.15) is 11.2 Å². The highest BCUT2D eigenvalue weighted by atomic mass is 16.3. The summed E-state index contributed by atoms with van der Waals surface area (Å²) in [6.07, 6.45) is 10.8. The van der Waals surface area contributed by atoms with E-state index in [0.29, 0.717) is 0 Å². The molecule has 0 spiro atoms. The lowest BCUT2D eigenvalue weighted by atomic mass is 10.00. The molecule has 1 aliphatic heterocycles. The van der Waals surface area contributed by atoms with Crippen molar-refractivity contribution < 1.29 is 4.42 Å². The molecule has 44 heavy (non-hydrogen) atoms. The van der Waals surface area contributed by atoms with Gasteiger partial charge >= 0.3 is 0 Å². The van der Waals surface area contributed by atoms with Crippen molar-refractivity contribution >= 4 is 49.5 Å². The maximum Gasteiger partial charge on any atom is 0.201 e. The molecule has 0 bridgehead atoms. The van der Waals surface area contributed by atoms with Crippen LogP contribution >= 0.6 is 0 Å². The Kier molecular flexibility index (Phi) is 5.66. The van der Waals surface area contributed by atoms with Crippen LogP contribution in [0.1, 0.15) is 24.7 Å². The summed E-state index contributed by atoms with van der Waals surface area (Å²) >= 11 is 0. The number of rotatable bonds is 4. The lowest BCUT2D eigenvalue weighted by Gasteiger charge is -2.27. The highest BCUT2D eigenvalue weighted by Crippen LogP contribution is 2.40. The van der Waals surface area contributed by atoms with E-state index < -0.39 is 0 Å². The zero-order valence-electron chi connectivity index (χ0n) is 24.1. The third kappa shape index (κ3) is 3.95. The summed E-state index contributed by atoms with van der Waals surface area (Å²) in [7, 11) is 0. The Bertz CT molecular complexity index is 2360. The summed E-state index contributed by atoms with van der Waals surface area (Å²) in [5, 5.41) is 8.47. The van der Waals surface area contributed by atoms with E-state index in [4.69, 9.17) is 9.41 Å². The molecule has 1 aliphatic carbocycles. The molecule has 0 saturated heterocycles. The van der Waals surface area contributed by atoms with E-state index in [9.17, 15) is 0 Å². The average Bonchev–Trinajstić information content (AvgIpc) is 3.64. The fraction of sp³-hybridized carbons (Fsp3) is 0.0750. The van der Waals surface area contributed by atoms with Crippen LogP contribution in [0.3, 0.4) is 0 Å². The van der Waals surface area contributed by atoms with Crippen LogP contribution in [-0.4, -0.2) is 10.3 Å². The molecule has 0 radical (unpaired) electrons. The number of nitrogens with one attached hydrogen (secondary N) is 1. The fourth-order valence-electron chi connectivity index (χ4n) is 6.80. The third-order valence-corrected chi connectivity index (χ3v) is 8.87. The van der Waals surface area contributed by atoms with Crippen molar-refractivity contribution in [3.8, 4) is 11.1 Å².